The predicted molar refractivity (Wildman–Crippen MR) is 86.2 cm³/mol. The second-order valence-electron chi connectivity index (χ2n) is 5.38. The summed E-state index contributed by atoms with van der Waals surface area (Å²) in [5, 5.41) is 9.04. The van der Waals surface area contributed by atoms with E-state index in [0.717, 1.165) is 12.8 Å². The summed E-state index contributed by atoms with van der Waals surface area (Å²) in [6.07, 6.45) is 13.4. The first-order valence-corrected chi connectivity index (χ1v) is 7.98. The Morgan fingerprint density at radius 3 is 1.80 bits per heavy atom. The molecule has 1 unspecified atom stereocenters. The van der Waals surface area contributed by atoms with Crippen LogP contribution >= 0.6 is 0 Å². The Morgan fingerprint density at radius 2 is 1.40 bits per heavy atom. The Bertz CT molecular complexity index is 210. The zero-order chi connectivity index (χ0) is 14.3. The van der Waals surface area contributed by atoms with Gasteiger partial charge < -0.3 is 9.84 Å². The number of carbonyl (C=O) groups excluding carboxylic acids is 1. The van der Waals surface area contributed by atoms with Crippen LogP contribution in [0.1, 0.15) is 84.5 Å². The summed E-state index contributed by atoms with van der Waals surface area (Å²) in [6, 6.07) is 0. The molecule has 0 aromatic rings. The van der Waals surface area contributed by atoms with Crippen molar-refractivity contribution in [1.82, 2.24) is 0 Å². The molecule has 0 aliphatic rings. The molecule has 0 spiro atoms. The quantitative estimate of drug-likeness (QED) is 0.321. The van der Waals surface area contributed by atoms with Crippen molar-refractivity contribution in [3.63, 3.8) is 0 Å². The fourth-order valence-electron chi connectivity index (χ4n) is 2.28. The van der Waals surface area contributed by atoms with Crippen molar-refractivity contribution in [3.05, 3.63) is 0 Å². The molecule has 4 heteroatoms. The Hall–Kier alpha value is 0.430. The van der Waals surface area contributed by atoms with Gasteiger partial charge in [0.2, 0.25) is 0 Å². The van der Waals surface area contributed by atoms with Gasteiger partial charge in [0.25, 0.3) is 0 Å². The molecule has 20 heavy (non-hydrogen) atoms. The third-order valence-corrected chi connectivity index (χ3v) is 3.42. The van der Waals surface area contributed by atoms with Crippen LogP contribution in [0, 0.1) is 0 Å². The van der Waals surface area contributed by atoms with Gasteiger partial charge in [-0.05, 0) is 12.8 Å². The minimum atomic E-state index is -0.300. The van der Waals surface area contributed by atoms with E-state index in [1.54, 1.807) is 0 Å². The fraction of sp³-hybridized carbons (Fsp3) is 0.938. The molecule has 1 atom stereocenters. The average molecular weight is 296 g/mol. The summed E-state index contributed by atoms with van der Waals surface area (Å²) >= 11 is 0. The van der Waals surface area contributed by atoms with Gasteiger partial charge in [-0.15, -0.1) is 0 Å². The number of aliphatic hydroxyl groups excluding tert-OH is 1. The topological polar surface area (TPSA) is 46.5 Å². The van der Waals surface area contributed by atoms with E-state index >= 15 is 0 Å². The van der Waals surface area contributed by atoms with E-state index in [0.29, 0.717) is 0 Å². The zero-order valence-electron chi connectivity index (χ0n) is 12.8. The van der Waals surface area contributed by atoms with E-state index in [2.05, 4.69) is 6.92 Å². The normalized spacial score (nSPS) is 11.8. The molecule has 0 fully saturated rings. The standard InChI is InChI=1S/C16H32O3.Na.H/c1-3-4-5-6-7-8-9-10-11-12-13-16(14-17)19-15(2)18;;/h16-17H,3-14H2,1-2H3;;. The van der Waals surface area contributed by atoms with Crippen molar-refractivity contribution in [2.24, 2.45) is 0 Å². The molecular formula is C16H33NaO3. The number of hydrogen-bond acceptors (Lipinski definition) is 3. The first-order valence-electron chi connectivity index (χ1n) is 7.98. The molecule has 0 aliphatic heterocycles. The fourth-order valence-corrected chi connectivity index (χ4v) is 2.28. The third kappa shape index (κ3) is 16.5. The monoisotopic (exact) mass is 296 g/mol. The minimum absolute atomic E-state index is 0. The summed E-state index contributed by atoms with van der Waals surface area (Å²) < 4.78 is 4.99. The molecule has 0 heterocycles. The van der Waals surface area contributed by atoms with Crippen LogP contribution in [0.4, 0.5) is 0 Å². The molecule has 0 bridgehead atoms. The van der Waals surface area contributed by atoms with E-state index in [4.69, 9.17) is 9.84 Å². The molecule has 0 aliphatic carbocycles. The molecule has 0 radical (unpaired) electrons. The van der Waals surface area contributed by atoms with Crippen LogP contribution in [0.2, 0.25) is 0 Å². The summed E-state index contributed by atoms with van der Waals surface area (Å²) in [6.45, 7) is 3.58. The van der Waals surface area contributed by atoms with Crippen LogP contribution in [0.15, 0.2) is 0 Å². The van der Waals surface area contributed by atoms with Gasteiger partial charge in [-0.1, -0.05) is 64.7 Å². The molecule has 0 saturated heterocycles. The van der Waals surface area contributed by atoms with E-state index in [9.17, 15) is 4.79 Å². The van der Waals surface area contributed by atoms with Gasteiger partial charge >= 0.3 is 35.5 Å². The van der Waals surface area contributed by atoms with Crippen LogP contribution < -0.4 is 0 Å². The first kappa shape index (κ1) is 22.7. The Kier molecular flexibility index (Phi) is 19.8. The van der Waals surface area contributed by atoms with Crippen LogP contribution in [0.3, 0.4) is 0 Å². The van der Waals surface area contributed by atoms with Gasteiger partial charge in [-0.3, -0.25) is 4.79 Å². The summed E-state index contributed by atoms with van der Waals surface area (Å²) in [5.74, 6) is -0.300. The average Bonchev–Trinajstić information content (AvgIpc) is 2.39. The molecule has 0 rings (SSSR count). The molecule has 3 nitrogen and oxygen atoms in total. The van der Waals surface area contributed by atoms with Crippen molar-refractivity contribution in [1.29, 1.82) is 0 Å². The van der Waals surface area contributed by atoms with Crippen LogP contribution in [-0.2, 0) is 9.53 Å². The maximum absolute atomic E-state index is 10.8. The number of aliphatic hydroxyl groups is 1. The Labute approximate surface area is 147 Å². The molecule has 0 aromatic carbocycles. The molecule has 0 aromatic heterocycles. The second-order valence-corrected chi connectivity index (χ2v) is 5.38. The Morgan fingerprint density at radius 1 is 0.950 bits per heavy atom. The summed E-state index contributed by atoms with van der Waals surface area (Å²) in [4.78, 5) is 10.8. The number of esters is 1. The van der Waals surface area contributed by atoms with E-state index in [1.807, 2.05) is 0 Å². The number of unbranched alkanes of at least 4 members (excludes halogenated alkanes) is 9. The predicted octanol–water partition coefficient (Wildman–Crippen LogP) is 3.57. The van der Waals surface area contributed by atoms with Crippen molar-refractivity contribution >= 4 is 35.5 Å². The summed E-state index contributed by atoms with van der Waals surface area (Å²) in [5.41, 5.74) is 0. The van der Waals surface area contributed by atoms with Crippen LogP contribution in [0.5, 0.6) is 0 Å². The molecule has 0 saturated carbocycles. The SMILES string of the molecule is CCCCCCCCCCCCC(CO)OC(C)=O.[NaH]. The van der Waals surface area contributed by atoms with E-state index in [-0.39, 0.29) is 48.2 Å². The molecule has 0 amide bonds. The van der Waals surface area contributed by atoms with Crippen molar-refractivity contribution in [3.8, 4) is 0 Å². The van der Waals surface area contributed by atoms with E-state index < -0.39 is 0 Å². The molecule has 116 valence electrons. The number of carbonyl (C=O) groups is 1. The maximum atomic E-state index is 10.8. The van der Waals surface area contributed by atoms with Crippen LogP contribution in [-0.4, -0.2) is 53.3 Å². The Balaban J connectivity index is 0. The van der Waals surface area contributed by atoms with Gasteiger partial charge in [0, 0.05) is 6.92 Å². The van der Waals surface area contributed by atoms with Crippen molar-refractivity contribution in [2.75, 3.05) is 6.61 Å². The van der Waals surface area contributed by atoms with Gasteiger partial charge in [-0.2, -0.15) is 0 Å². The van der Waals surface area contributed by atoms with Crippen molar-refractivity contribution < 1.29 is 14.6 Å². The van der Waals surface area contributed by atoms with Gasteiger partial charge in [0.15, 0.2) is 0 Å². The molecule has 1 N–H and O–H groups in total. The van der Waals surface area contributed by atoms with Crippen molar-refractivity contribution in [2.45, 2.75) is 90.6 Å². The first-order chi connectivity index (χ1) is 9.20. The molecular weight excluding hydrogens is 263 g/mol. The van der Waals surface area contributed by atoms with Gasteiger partial charge in [0.05, 0.1) is 6.61 Å². The number of rotatable bonds is 13. The third-order valence-electron chi connectivity index (χ3n) is 3.42. The second kappa shape index (κ2) is 17.5. The van der Waals surface area contributed by atoms with E-state index in [1.165, 1.54) is 64.7 Å². The summed E-state index contributed by atoms with van der Waals surface area (Å²) in [7, 11) is 0. The zero-order valence-corrected chi connectivity index (χ0v) is 12.8. The number of hydrogen-bond donors (Lipinski definition) is 1. The van der Waals surface area contributed by atoms with Gasteiger partial charge in [-0.25, -0.2) is 0 Å². The van der Waals surface area contributed by atoms with Crippen LogP contribution in [0.25, 0.3) is 0 Å². The van der Waals surface area contributed by atoms with Gasteiger partial charge in [0.1, 0.15) is 6.10 Å². The number of ether oxygens (including phenoxy) is 1.